The summed E-state index contributed by atoms with van der Waals surface area (Å²) in [6.07, 6.45) is 0. The number of carbonyl (C=O) groups excluding carboxylic acids is 2. The maximum Gasteiger partial charge on any atom is 0.256 e. The number of benzene rings is 3. The quantitative estimate of drug-likeness (QED) is 0.588. The molecule has 0 unspecified atom stereocenters. The fourth-order valence-electron chi connectivity index (χ4n) is 2.69. The molecule has 2 amide bonds. The highest BCUT2D eigenvalue weighted by molar-refractivity contribution is 9.10. The van der Waals surface area contributed by atoms with Crippen LogP contribution in [0.25, 0.3) is 0 Å². The molecule has 0 atom stereocenters. The lowest BCUT2D eigenvalue weighted by Gasteiger charge is -2.12. The molecule has 0 saturated heterocycles. The number of methoxy groups -OCH3 is 1. The van der Waals surface area contributed by atoms with E-state index in [1.54, 1.807) is 49.6 Å². The van der Waals surface area contributed by atoms with E-state index in [0.29, 0.717) is 27.8 Å². The van der Waals surface area contributed by atoms with Gasteiger partial charge in [0.25, 0.3) is 11.8 Å². The number of hydrogen-bond donors (Lipinski definition) is 2. The van der Waals surface area contributed by atoms with Crippen molar-refractivity contribution in [1.82, 2.24) is 5.32 Å². The number of nitrogens with one attached hydrogen (secondary N) is 2. The summed E-state index contributed by atoms with van der Waals surface area (Å²) >= 11 is 3.37. The van der Waals surface area contributed by atoms with Gasteiger partial charge in [-0.05, 0) is 57.9 Å². The summed E-state index contributed by atoms with van der Waals surface area (Å²) in [4.78, 5) is 25.2. The molecule has 5 nitrogen and oxygen atoms in total. The zero-order valence-corrected chi connectivity index (χ0v) is 16.8. The van der Waals surface area contributed by atoms with Crippen molar-refractivity contribution in [3.8, 4) is 5.75 Å². The lowest BCUT2D eigenvalue weighted by Crippen LogP contribution is -2.25. The van der Waals surface area contributed by atoms with Crippen molar-refractivity contribution in [3.63, 3.8) is 0 Å². The number of para-hydroxylation sites is 1. The Morgan fingerprint density at radius 2 is 1.61 bits per heavy atom. The smallest absolute Gasteiger partial charge is 0.256 e. The molecular weight excluding hydrogens is 420 g/mol. The number of rotatable bonds is 6. The van der Waals surface area contributed by atoms with Crippen LogP contribution in [0.1, 0.15) is 26.3 Å². The zero-order valence-electron chi connectivity index (χ0n) is 15.2. The SMILES string of the molecule is COc1cccc(CNC(=O)c2ccccc2NC(=O)c2ccccc2Br)c1. The molecular formula is C22H19BrN2O3. The van der Waals surface area contributed by atoms with Crippen LogP contribution in [0.4, 0.5) is 5.69 Å². The number of amides is 2. The van der Waals surface area contributed by atoms with Crippen LogP contribution >= 0.6 is 15.9 Å². The summed E-state index contributed by atoms with van der Waals surface area (Å²) in [7, 11) is 1.60. The second kappa shape index (κ2) is 9.19. The van der Waals surface area contributed by atoms with Gasteiger partial charge in [-0.2, -0.15) is 0 Å². The number of hydrogen-bond acceptors (Lipinski definition) is 3. The van der Waals surface area contributed by atoms with E-state index < -0.39 is 0 Å². The number of anilines is 1. The van der Waals surface area contributed by atoms with Crippen LogP contribution in [-0.2, 0) is 6.54 Å². The summed E-state index contributed by atoms with van der Waals surface area (Å²) in [5, 5.41) is 5.69. The minimum atomic E-state index is -0.291. The Balaban J connectivity index is 1.73. The van der Waals surface area contributed by atoms with E-state index in [9.17, 15) is 9.59 Å². The standard InChI is InChI=1S/C22H19BrN2O3/c1-28-16-8-6-7-15(13-16)14-24-21(26)18-10-3-5-12-20(18)25-22(27)17-9-2-4-11-19(17)23/h2-13H,14H2,1H3,(H,24,26)(H,25,27). The van der Waals surface area contributed by atoms with E-state index in [4.69, 9.17) is 4.74 Å². The predicted octanol–water partition coefficient (Wildman–Crippen LogP) is 4.64. The van der Waals surface area contributed by atoms with Crippen LogP contribution in [0, 0.1) is 0 Å². The van der Waals surface area contributed by atoms with E-state index >= 15 is 0 Å². The average Bonchev–Trinajstić information content (AvgIpc) is 2.73. The Hall–Kier alpha value is -3.12. The lowest BCUT2D eigenvalue weighted by atomic mass is 10.1. The fourth-order valence-corrected chi connectivity index (χ4v) is 3.15. The molecule has 0 heterocycles. The van der Waals surface area contributed by atoms with Gasteiger partial charge >= 0.3 is 0 Å². The van der Waals surface area contributed by atoms with E-state index in [2.05, 4.69) is 26.6 Å². The van der Waals surface area contributed by atoms with Crippen molar-refractivity contribution in [2.75, 3.05) is 12.4 Å². The molecule has 0 spiro atoms. The third kappa shape index (κ3) is 4.78. The van der Waals surface area contributed by atoms with Crippen molar-refractivity contribution in [3.05, 3.63) is 94.0 Å². The molecule has 0 radical (unpaired) electrons. The monoisotopic (exact) mass is 438 g/mol. The van der Waals surface area contributed by atoms with Gasteiger partial charge in [-0.3, -0.25) is 9.59 Å². The Bertz CT molecular complexity index is 1000. The van der Waals surface area contributed by atoms with Crippen LogP contribution in [0.2, 0.25) is 0 Å². The first-order valence-corrected chi connectivity index (χ1v) is 9.44. The molecule has 0 fully saturated rings. The second-order valence-electron chi connectivity index (χ2n) is 6.01. The molecule has 0 aliphatic rings. The average molecular weight is 439 g/mol. The number of carbonyl (C=O) groups is 2. The van der Waals surface area contributed by atoms with E-state index in [0.717, 1.165) is 11.3 Å². The molecule has 3 aromatic carbocycles. The van der Waals surface area contributed by atoms with E-state index in [1.807, 2.05) is 30.3 Å². The zero-order chi connectivity index (χ0) is 19.9. The molecule has 0 aliphatic carbocycles. The van der Waals surface area contributed by atoms with Crippen molar-refractivity contribution < 1.29 is 14.3 Å². The number of halogens is 1. The minimum Gasteiger partial charge on any atom is -0.497 e. The Morgan fingerprint density at radius 3 is 2.36 bits per heavy atom. The predicted molar refractivity (Wildman–Crippen MR) is 113 cm³/mol. The van der Waals surface area contributed by atoms with Crippen LogP contribution in [0.15, 0.2) is 77.3 Å². The molecule has 3 aromatic rings. The molecule has 0 saturated carbocycles. The van der Waals surface area contributed by atoms with Gasteiger partial charge in [0.1, 0.15) is 5.75 Å². The Morgan fingerprint density at radius 1 is 0.893 bits per heavy atom. The topological polar surface area (TPSA) is 67.4 Å². The van der Waals surface area contributed by atoms with Crippen molar-refractivity contribution in [2.24, 2.45) is 0 Å². The Labute approximate surface area is 171 Å². The highest BCUT2D eigenvalue weighted by Crippen LogP contribution is 2.20. The first-order chi connectivity index (χ1) is 13.6. The van der Waals surface area contributed by atoms with Crippen LogP contribution in [-0.4, -0.2) is 18.9 Å². The fraction of sp³-hybridized carbons (Fsp3) is 0.0909. The lowest BCUT2D eigenvalue weighted by molar-refractivity contribution is 0.0951. The highest BCUT2D eigenvalue weighted by atomic mass is 79.9. The summed E-state index contributed by atoms with van der Waals surface area (Å²) in [5.74, 6) is 0.166. The van der Waals surface area contributed by atoms with Gasteiger partial charge in [-0.1, -0.05) is 36.4 Å². The number of ether oxygens (including phenoxy) is 1. The van der Waals surface area contributed by atoms with E-state index in [1.165, 1.54) is 0 Å². The highest BCUT2D eigenvalue weighted by Gasteiger charge is 2.15. The third-order valence-corrected chi connectivity index (χ3v) is 4.82. The summed E-state index contributed by atoms with van der Waals surface area (Å²) < 4.78 is 5.88. The summed E-state index contributed by atoms with van der Waals surface area (Å²) in [6, 6.07) is 21.5. The largest absolute Gasteiger partial charge is 0.497 e. The Kier molecular flexibility index (Phi) is 6.45. The molecule has 3 rings (SSSR count). The van der Waals surface area contributed by atoms with Crippen molar-refractivity contribution in [2.45, 2.75) is 6.54 Å². The van der Waals surface area contributed by atoms with Crippen LogP contribution < -0.4 is 15.4 Å². The van der Waals surface area contributed by atoms with Gasteiger partial charge in [-0.25, -0.2) is 0 Å². The summed E-state index contributed by atoms with van der Waals surface area (Å²) in [5.41, 5.74) is 2.26. The summed E-state index contributed by atoms with van der Waals surface area (Å²) in [6.45, 7) is 0.350. The third-order valence-electron chi connectivity index (χ3n) is 4.13. The second-order valence-corrected chi connectivity index (χ2v) is 6.87. The molecule has 6 heteroatoms. The maximum absolute atomic E-state index is 12.7. The molecule has 142 valence electrons. The maximum atomic E-state index is 12.7. The van der Waals surface area contributed by atoms with E-state index in [-0.39, 0.29) is 11.8 Å². The molecule has 0 aromatic heterocycles. The van der Waals surface area contributed by atoms with Gasteiger partial charge in [0, 0.05) is 11.0 Å². The van der Waals surface area contributed by atoms with Gasteiger partial charge in [0.05, 0.1) is 23.9 Å². The molecule has 0 aliphatic heterocycles. The van der Waals surface area contributed by atoms with Gasteiger partial charge in [0.15, 0.2) is 0 Å². The van der Waals surface area contributed by atoms with Crippen molar-refractivity contribution >= 4 is 33.4 Å². The van der Waals surface area contributed by atoms with Gasteiger partial charge in [0.2, 0.25) is 0 Å². The molecule has 28 heavy (non-hydrogen) atoms. The van der Waals surface area contributed by atoms with Gasteiger partial charge < -0.3 is 15.4 Å². The van der Waals surface area contributed by atoms with Crippen LogP contribution in [0.3, 0.4) is 0 Å². The first-order valence-electron chi connectivity index (χ1n) is 8.64. The minimum absolute atomic E-state index is 0.272. The molecule has 2 N–H and O–H groups in total. The van der Waals surface area contributed by atoms with Crippen LogP contribution in [0.5, 0.6) is 5.75 Å². The normalized spacial score (nSPS) is 10.2. The van der Waals surface area contributed by atoms with Crippen molar-refractivity contribution in [1.29, 1.82) is 0 Å². The first kappa shape index (κ1) is 19.6. The molecule has 0 bridgehead atoms. The van der Waals surface area contributed by atoms with Gasteiger partial charge in [-0.15, -0.1) is 0 Å².